The van der Waals surface area contributed by atoms with E-state index in [-0.39, 0.29) is 11.0 Å². The Morgan fingerprint density at radius 2 is 1.93 bits per heavy atom. The molecule has 3 heterocycles. The van der Waals surface area contributed by atoms with Crippen molar-refractivity contribution < 1.29 is 4.74 Å². The van der Waals surface area contributed by atoms with Crippen LogP contribution >= 0.6 is 0 Å². The van der Waals surface area contributed by atoms with Gasteiger partial charge in [-0.2, -0.15) is 0 Å². The zero-order valence-electron chi connectivity index (χ0n) is 17.2. The lowest BCUT2D eigenvalue weighted by Gasteiger charge is -2.40. The quantitative estimate of drug-likeness (QED) is 0.726. The second kappa shape index (κ2) is 6.58. The molecule has 6 heteroatoms. The van der Waals surface area contributed by atoms with E-state index < -0.39 is 0 Å². The summed E-state index contributed by atoms with van der Waals surface area (Å²) in [4.78, 5) is 27.3. The van der Waals surface area contributed by atoms with E-state index in [1.54, 1.807) is 7.11 Å². The van der Waals surface area contributed by atoms with Gasteiger partial charge in [0.1, 0.15) is 22.9 Å². The maximum Gasteiger partial charge on any atom is 0.254 e. The van der Waals surface area contributed by atoms with Gasteiger partial charge in [-0.05, 0) is 57.2 Å². The highest BCUT2D eigenvalue weighted by atomic mass is 16.5. The van der Waals surface area contributed by atoms with Crippen LogP contribution in [0.3, 0.4) is 0 Å². The number of piperidine rings is 1. The van der Waals surface area contributed by atoms with Crippen molar-refractivity contribution >= 4 is 16.7 Å². The molecular weight excluding hydrogens is 364 g/mol. The largest absolute Gasteiger partial charge is 0.494 e. The van der Waals surface area contributed by atoms with Crippen molar-refractivity contribution in [2.24, 2.45) is 0 Å². The van der Waals surface area contributed by atoms with Crippen LogP contribution in [0.1, 0.15) is 41.9 Å². The molecule has 29 heavy (non-hydrogen) atoms. The Bertz CT molecular complexity index is 1160. The topological polar surface area (TPSA) is 71.1 Å². The van der Waals surface area contributed by atoms with Gasteiger partial charge in [-0.15, -0.1) is 0 Å². The zero-order valence-corrected chi connectivity index (χ0v) is 17.2. The minimum atomic E-state index is 0.0361. The average molecular weight is 390 g/mol. The van der Waals surface area contributed by atoms with E-state index in [1.807, 2.05) is 19.1 Å². The molecule has 1 N–H and O–H groups in total. The predicted octanol–water partition coefficient (Wildman–Crippen LogP) is 3.43. The Morgan fingerprint density at radius 1 is 1.14 bits per heavy atom. The number of nitrogens with zero attached hydrogens (tertiary/aromatic N) is 3. The minimum absolute atomic E-state index is 0.0361. The molecule has 1 saturated heterocycles. The summed E-state index contributed by atoms with van der Waals surface area (Å²) < 4.78 is 5.54. The third-order valence-corrected chi connectivity index (χ3v) is 6.75. The van der Waals surface area contributed by atoms with Crippen LogP contribution in [0.5, 0.6) is 5.75 Å². The maximum absolute atomic E-state index is 12.3. The number of fused-ring (bicyclic) bond motifs is 3. The highest BCUT2D eigenvalue weighted by Gasteiger charge is 2.44. The van der Waals surface area contributed by atoms with Crippen molar-refractivity contribution in [3.63, 3.8) is 0 Å². The summed E-state index contributed by atoms with van der Waals surface area (Å²) >= 11 is 0. The molecule has 1 aliphatic carbocycles. The summed E-state index contributed by atoms with van der Waals surface area (Å²) in [7, 11) is 1.69. The molecule has 0 amide bonds. The molecule has 0 radical (unpaired) electrons. The second-order valence-electron chi connectivity index (χ2n) is 8.40. The van der Waals surface area contributed by atoms with Crippen molar-refractivity contribution in [1.29, 1.82) is 0 Å². The first-order valence-corrected chi connectivity index (χ1v) is 10.3. The second-order valence-corrected chi connectivity index (χ2v) is 8.40. The number of pyridine rings is 1. The van der Waals surface area contributed by atoms with Gasteiger partial charge in [0, 0.05) is 29.5 Å². The lowest BCUT2D eigenvalue weighted by Crippen LogP contribution is -2.42. The van der Waals surface area contributed by atoms with Gasteiger partial charge in [0.05, 0.1) is 12.8 Å². The number of anilines is 1. The van der Waals surface area contributed by atoms with E-state index in [4.69, 9.17) is 14.7 Å². The van der Waals surface area contributed by atoms with Crippen molar-refractivity contribution in [1.82, 2.24) is 15.0 Å². The summed E-state index contributed by atoms with van der Waals surface area (Å²) in [5.41, 5.74) is 4.15. The summed E-state index contributed by atoms with van der Waals surface area (Å²) in [6.45, 7) is 5.84. The van der Waals surface area contributed by atoms with E-state index in [2.05, 4.69) is 28.9 Å². The number of methoxy groups -OCH3 is 1. The lowest BCUT2D eigenvalue weighted by atomic mass is 9.76. The molecule has 5 rings (SSSR count). The number of aromatic amines is 1. The fraction of sp³-hybridized carbons (Fsp3) is 0.435. The van der Waals surface area contributed by atoms with Gasteiger partial charge < -0.3 is 14.6 Å². The van der Waals surface area contributed by atoms with Crippen LogP contribution in [0.4, 0.5) is 5.82 Å². The lowest BCUT2D eigenvalue weighted by molar-refractivity contribution is 0.321. The number of benzene rings is 1. The number of para-hydroxylation sites is 1. The van der Waals surface area contributed by atoms with Crippen LogP contribution in [-0.2, 0) is 11.8 Å². The molecule has 1 spiro atoms. The Balaban J connectivity index is 1.46. The number of hydrogen-bond donors (Lipinski definition) is 1. The summed E-state index contributed by atoms with van der Waals surface area (Å²) in [6, 6.07) is 8.24. The number of aryl methyl sites for hydroxylation is 2. The average Bonchev–Trinajstić information content (AvgIpc) is 3.06. The van der Waals surface area contributed by atoms with Gasteiger partial charge in [0.15, 0.2) is 0 Å². The van der Waals surface area contributed by atoms with Gasteiger partial charge in [-0.3, -0.25) is 4.79 Å². The monoisotopic (exact) mass is 390 g/mol. The Morgan fingerprint density at radius 3 is 2.69 bits per heavy atom. The Labute approximate surface area is 170 Å². The van der Waals surface area contributed by atoms with Gasteiger partial charge in [0.25, 0.3) is 5.56 Å². The molecule has 1 aromatic carbocycles. The first-order chi connectivity index (χ1) is 14.0. The number of aromatic nitrogens is 3. The van der Waals surface area contributed by atoms with E-state index in [0.29, 0.717) is 0 Å². The van der Waals surface area contributed by atoms with E-state index in [1.165, 1.54) is 5.56 Å². The Kier molecular flexibility index (Phi) is 4.12. The fourth-order valence-corrected chi connectivity index (χ4v) is 5.12. The maximum atomic E-state index is 12.3. The van der Waals surface area contributed by atoms with Crippen molar-refractivity contribution in [3.8, 4) is 5.75 Å². The van der Waals surface area contributed by atoms with Gasteiger partial charge in [0.2, 0.25) is 0 Å². The smallest absolute Gasteiger partial charge is 0.254 e. The molecule has 1 aliphatic heterocycles. The molecule has 3 aromatic rings. The van der Waals surface area contributed by atoms with Gasteiger partial charge in [-0.25, -0.2) is 9.97 Å². The molecule has 2 aliphatic rings. The predicted molar refractivity (Wildman–Crippen MR) is 114 cm³/mol. The summed E-state index contributed by atoms with van der Waals surface area (Å²) in [6.07, 6.45) is 3.86. The third kappa shape index (κ3) is 2.81. The molecule has 0 unspecified atom stereocenters. The number of H-pyrrole nitrogens is 1. The van der Waals surface area contributed by atoms with Crippen molar-refractivity contribution in [2.75, 3.05) is 25.1 Å². The highest BCUT2D eigenvalue weighted by molar-refractivity contribution is 5.88. The SMILES string of the molecule is COc1cccc2c(C)cc(N3CCC4(CCc5c4nc(C)[nH]c5=O)CC3)nc12. The van der Waals surface area contributed by atoms with Gasteiger partial charge in [-0.1, -0.05) is 12.1 Å². The van der Waals surface area contributed by atoms with Crippen LogP contribution in [0, 0.1) is 13.8 Å². The third-order valence-electron chi connectivity index (χ3n) is 6.75. The van der Waals surface area contributed by atoms with Crippen LogP contribution in [-0.4, -0.2) is 35.2 Å². The molecule has 2 aromatic heterocycles. The standard InChI is InChI=1S/C23H26N4O2/c1-14-13-19(26-20-16(14)5-4-6-18(20)29-3)27-11-9-23(10-12-27)8-7-17-21(23)24-15(2)25-22(17)28/h4-6,13H,7-12H2,1-3H3,(H,24,25,28). The first kappa shape index (κ1) is 18.2. The fourth-order valence-electron chi connectivity index (χ4n) is 5.12. The molecule has 0 bridgehead atoms. The van der Waals surface area contributed by atoms with Crippen LogP contribution in [0.15, 0.2) is 29.1 Å². The minimum Gasteiger partial charge on any atom is -0.494 e. The van der Waals surface area contributed by atoms with Gasteiger partial charge >= 0.3 is 0 Å². The van der Waals surface area contributed by atoms with Crippen molar-refractivity contribution in [2.45, 2.75) is 44.9 Å². The number of rotatable bonds is 2. The molecule has 150 valence electrons. The summed E-state index contributed by atoms with van der Waals surface area (Å²) in [5.74, 6) is 2.53. The first-order valence-electron chi connectivity index (χ1n) is 10.3. The van der Waals surface area contributed by atoms with Crippen LogP contribution < -0.4 is 15.2 Å². The van der Waals surface area contributed by atoms with E-state index in [0.717, 1.165) is 78.3 Å². The Hall–Kier alpha value is -2.89. The molecular formula is C23H26N4O2. The number of ether oxygens (including phenoxy) is 1. The highest BCUT2D eigenvalue weighted by Crippen LogP contribution is 2.45. The molecule has 6 nitrogen and oxygen atoms in total. The van der Waals surface area contributed by atoms with E-state index in [9.17, 15) is 4.79 Å². The number of hydrogen-bond acceptors (Lipinski definition) is 5. The zero-order chi connectivity index (χ0) is 20.2. The number of nitrogens with one attached hydrogen (secondary N) is 1. The van der Waals surface area contributed by atoms with Crippen LogP contribution in [0.2, 0.25) is 0 Å². The molecule has 1 fully saturated rings. The van der Waals surface area contributed by atoms with E-state index >= 15 is 0 Å². The summed E-state index contributed by atoms with van der Waals surface area (Å²) in [5, 5.41) is 1.13. The van der Waals surface area contributed by atoms with Crippen molar-refractivity contribution in [3.05, 3.63) is 57.3 Å². The normalized spacial score (nSPS) is 17.7. The van der Waals surface area contributed by atoms with Crippen LogP contribution in [0.25, 0.3) is 10.9 Å². The molecule has 0 atom stereocenters. The molecule has 0 saturated carbocycles.